The SMILES string of the molecule is CCCc1nn2c(-c3ccc(F)cc3)cc(N3CCC[C@H]3CO)nc2c1-c1ccc(C)cc1. The van der Waals surface area contributed by atoms with Gasteiger partial charge in [0.05, 0.1) is 24.0 Å². The zero-order chi connectivity index (χ0) is 22.9. The van der Waals surface area contributed by atoms with Gasteiger partial charge in [-0.2, -0.15) is 5.10 Å². The minimum atomic E-state index is -0.267. The summed E-state index contributed by atoms with van der Waals surface area (Å²) in [5, 5.41) is 14.9. The number of aliphatic hydroxyl groups excluding tert-OH is 1. The summed E-state index contributed by atoms with van der Waals surface area (Å²) in [5.74, 6) is 0.561. The molecule has 0 bridgehead atoms. The number of aliphatic hydroxyl groups is 1. The third kappa shape index (κ3) is 4.00. The summed E-state index contributed by atoms with van der Waals surface area (Å²) in [5.41, 5.74) is 6.89. The Morgan fingerprint density at radius 1 is 1.06 bits per heavy atom. The van der Waals surface area contributed by atoms with E-state index in [1.54, 1.807) is 12.1 Å². The first-order chi connectivity index (χ1) is 16.1. The van der Waals surface area contributed by atoms with Crippen LogP contribution in [0.4, 0.5) is 10.2 Å². The van der Waals surface area contributed by atoms with Crippen LogP contribution in [-0.4, -0.2) is 38.9 Å². The minimum absolute atomic E-state index is 0.0573. The van der Waals surface area contributed by atoms with Crippen molar-refractivity contribution in [3.8, 4) is 22.4 Å². The molecule has 6 heteroatoms. The number of benzene rings is 2. The van der Waals surface area contributed by atoms with E-state index in [1.165, 1.54) is 17.7 Å². The normalized spacial score (nSPS) is 16.1. The number of rotatable bonds is 6. The maximum Gasteiger partial charge on any atom is 0.166 e. The molecular weight excluding hydrogens is 415 g/mol. The second-order valence-electron chi connectivity index (χ2n) is 8.85. The monoisotopic (exact) mass is 444 g/mol. The number of halogens is 1. The summed E-state index contributed by atoms with van der Waals surface area (Å²) >= 11 is 0. The summed E-state index contributed by atoms with van der Waals surface area (Å²) in [7, 11) is 0. The predicted molar refractivity (Wildman–Crippen MR) is 130 cm³/mol. The Balaban J connectivity index is 1.79. The van der Waals surface area contributed by atoms with Gasteiger partial charge in [0.1, 0.15) is 11.6 Å². The van der Waals surface area contributed by atoms with Crippen molar-refractivity contribution < 1.29 is 9.50 Å². The molecule has 1 fully saturated rings. The molecule has 2 aromatic heterocycles. The molecule has 0 saturated carbocycles. The lowest BCUT2D eigenvalue weighted by Crippen LogP contribution is -2.32. The quantitative estimate of drug-likeness (QED) is 0.431. The van der Waals surface area contributed by atoms with E-state index >= 15 is 0 Å². The molecule has 0 aliphatic carbocycles. The summed E-state index contributed by atoms with van der Waals surface area (Å²) in [6.07, 6.45) is 3.78. The van der Waals surface area contributed by atoms with Crippen molar-refractivity contribution in [3.05, 3.63) is 71.7 Å². The molecule has 0 spiro atoms. The molecule has 1 atom stereocenters. The fourth-order valence-electron chi connectivity index (χ4n) is 4.78. The fourth-order valence-corrected chi connectivity index (χ4v) is 4.78. The zero-order valence-electron chi connectivity index (χ0n) is 19.1. The van der Waals surface area contributed by atoms with Gasteiger partial charge in [0, 0.05) is 23.7 Å². The van der Waals surface area contributed by atoms with Gasteiger partial charge in [-0.05, 0) is 56.0 Å². The fraction of sp³-hybridized carbons (Fsp3) is 0.333. The number of hydrogen-bond acceptors (Lipinski definition) is 4. The maximum absolute atomic E-state index is 13.7. The highest BCUT2D eigenvalue weighted by atomic mass is 19.1. The van der Waals surface area contributed by atoms with Crippen LogP contribution in [0.1, 0.15) is 37.4 Å². The van der Waals surface area contributed by atoms with Crippen LogP contribution in [0, 0.1) is 12.7 Å². The molecule has 2 aromatic carbocycles. The first kappa shape index (κ1) is 21.6. The molecule has 3 heterocycles. The molecule has 1 saturated heterocycles. The van der Waals surface area contributed by atoms with Crippen molar-refractivity contribution in [2.45, 2.75) is 45.6 Å². The molecule has 170 valence electrons. The van der Waals surface area contributed by atoms with Crippen LogP contribution in [0.5, 0.6) is 0 Å². The Kier molecular flexibility index (Phi) is 5.85. The van der Waals surface area contributed by atoms with E-state index in [9.17, 15) is 9.50 Å². The van der Waals surface area contributed by atoms with E-state index in [0.717, 1.165) is 71.8 Å². The number of anilines is 1. The molecule has 0 amide bonds. The predicted octanol–water partition coefficient (Wildman–Crippen LogP) is 5.42. The van der Waals surface area contributed by atoms with Crippen LogP contribution in [0.2, 0.25) is 0 Å². The summed E-state index contributed by atoms with van der Waals surface area (Å²) < 4.78 is 15.6. The van der Waals surface area contributed by atoms with Crippen molar-refractivity contribution in [2.75, 3.05) is 18.1 Å². The Morgan fingerprint density at radius 2 is 1.79 bits per heavy atom. The van der Waals surface area contributed by atoms with Crippen LogP contribution in [0.15, 0.2) is 54.6 Å². The second kappa shape index (κ2) is 8.94. The highest BCUT2D eigenvalue weighted by Gasteiger charge is 2.27. The second-order valence-corrected chi connectivity index (χ2v) is 8.85. The van der Waals surface area contributed by atoms with Crippen LogP contribution in [0.3, 0.4) is 0 Å². The van der Waals surface area contributed by atoms with E-state index in [-0.39, 0.29) is 18.5 Å². The topological polar surface area (TPSA) is 53.7 Å². The number of fused-ring (bicyclic) bond motifs is 1. The van der Waals surface area contributed by atoms with Crippen molar-refractivity contribution >= 4 is 11.5 Å². The average molecular weight is 445 g/mol. The van der Waals surface area contributed by atoms with Crippen LogP contribution in [0.25, 0.3) is 28.0 Å². The van der Waals surface area contributed by atoms with Crippen molar-refractivity contribution in [1.82, 2.24) is 14.6 Å². The van der Waals surface area contributed by atoms with E-state index in [0.29, 0.717) is 0 Å². The first-order valence-electron chi connectivity index (χ1n) is 11.7. The Morgan fingerprint density at radius 3 is 2.48 bits per heavy atom. The van der Waals surface area contributed by atoms with Gasteiger partial charge in [-0.15, -0.1) is 0 Å². The molecule has 5 rings (SSSR count). The van der Waals surface area contributed by atoms with Crippen LogP contribution >= 0.6 is 0 Å². The third-order valence-corrected chi connectivity index (χ3v) is 6.50. The summed E-state index contributed by atoms with van der Waals surface area (Å²) in [6.45, 7) is 5.19. The highest BCUT2D eigenvalue weighted by molar-refractivity contribution is 5.83. The standard InChI is InChI=1S/C27H29FN4O/c1-3-5-23-26(20-9-7-18(2)8-10-20)27-29-25(31-15-4-6-22(31)17-33)16-24(32(27)30-23)19-11-13-21(28)14-12-19/h7-14,16,22,33H,3-6,15,17H2,1-2H3/t22-/m0/s1. The van der Waals surface area contributed by atoms with E-state index in [2.05, 4.69) is 43.0 Å². The lowest BCUT2D eigenvalue weighted by atomic mass is 10.0. The highest BCUT2D eigenvalue weighted by Crippen LogP contribution is 2.35. The van der Waals surface area contributed by atoms with Crippen molar-refractivity contribution in [3.63, 3.8) is 0 Å². The van der Waals surface area contributed by atoms with Gasteiger partial charge < -0.3 is 10.0 Å². The Labute approximate surface area is 193 Å². The van der Waals surface area contributed by atoms with E-state index in [4.69, 9.17) is 10.1 Å². The molecule has 5 nitrogen and oxygen atoms in total. The summed E-state index contributed by atoms with van der Waals surface area (Å²) in [6, 6.07) is 17.1. The average Bonchev–Trinajstić information content (AvgIpc) is 3.44. The van der Waals surface area contributed by atoms with Crippen molar-refractivity contribution in [2.24, 2.45) is 0 Å². The largest absolute Gasteiger partial charge is 0.394 e. The molecule has 0 unspecified atom stereocenters. The number of nitrogens with zero attached hydrogens (tertiary/aromatic N) is 4. The Hall–Kier alpha value is -3.25. The van der Waals surface area contributed by atoms with Gasteiger partial charge in [0.15, 0.2) is 5.65 Å². The van der Waals surface area contributed by atoms with Crippen LogP contribution < -0.4 is 4.90 Å². The molecule has 1 aliphatic rings. The van der Waals surface area contributed by atoms with Gasteiger partial charge >= 0.3 is 0 Å². The molecule has 1 aliphatic heterocycles. The molecule has 4 aromatic rings. The first-order valence-corrected chi connectivity index (χ1v) is 11.7. The smallest absolute Gasteiger partial charge is 0.166 e. The zero-order valence-corrected chi connectivity index (χ0v) is 19.1. The minimum Gasteiger partial charge on any atom is -0.394 e. The number of hydrogen-bond donors (Lipinski definition) is 1. The van der Waals surface area contributed by atoms with Crippen LogP contribution in [-0.2, 0) is 6.42 Å². The maximum atomic E-state index is 13.7. The lowest BCUT2D eigenvalue weighted by Gasteiger charge is -2.25. The molecule has 0 radical (unpaired) electrons. The third-order valence-electron chi connectivity index (χ3n) is 6.50. The van der Waals surface area contributed by atoms with Gasteiger partial charge in [0.25, 0.3) is 0 Å². The summed E-state index contributed by atoms with van der Waals surface area (Å²) in [4.78, 5) is 7.29. The molecule has 33 heavy (non-hydrogen) atoms. The number of aromatic nitrogens is 3. The lowest BCUT2D eigenvalue weighted by molar-refractivity contribution is 0.266. The molecular formula is C27H29FN4O. The van der Waals surface area contributed by atoms with Crippen molar-refractivity contribution in [1.29, 1.82) is 0 Å². The molecule has 1 N–H and O–H groups in total. The Bertz CT molecular complexity index is 1260. The number of aryl methyl sites for hydroxylation is 2. The van der Waals surface area contributed by atoms with E-state index < -0.39 is 0 Å². The van der Waals surface area contributed by atoms with Gasteiger partial charge in [0.2, 0.25) is 0 Å². The van der Waals surface area contributed by atoms with Gasteiger partial charge in [-0.3, -0.25) is 0 Å². The van der Waals surface area contributed by atoms with Gasteiger partial charge in [-0.25, -0.2) is 13.9 Å². The van der Waals surface area contributed by atoms with Gasteiger partial charge in [-0.1, -0.05) is 43.2 Å². The van der Waals surface area contributed by atoms with E-state index in [1.807, 2.05) is 10.6 Å².